The summed E-state index contributed by atoms with van der Waals surface area (Å²) in [6.07, 6.45) is 0. The lowest BCUT2D eigenvalue weighted by Crippen LogP contribution is -2.48. The van der Waals surface area contributed by atoms with E-state index in [0.717, 1.165) is 5.57 Å². The molecule has 0 aliphatic rings. The van der Waals surface area contributed by atoms with Crippen molar-refractivity contribution in [1.82, 2.24) is 10.6 Å². The summed E-state index contributed by atoms with van der Waals surface area (Å²) >= 11 is 0. The average molecular weight is 246 g/mol. The van der Waals surface area contributed by atoms with Crippen LogP contribution in [0.1, 0.15) is 6.92 Å². The number of carboxylic acids is 1. The van der Waals surface area contributed by atoms with E-state index in [-0.39, 0.29) is 6.54 Å². The lowest BCUT2D eigenvalue weighted by atomic mass is 10.3. The van der Waals surface area contributed by atoms with Crippen LogP contribution in [0, 0.1) is 0 Å². The molecule has 98 valence electrons. The highest BCUT2D eigenvalue weighted by Gasteiger charge is 2.17. The summed E-state index contributed by atoms with van der Waals surface area (Å²) in [6.45, 7) is 5.76. The fourth-order valence-corrected chi connectivity index (χ4v) is 0.878. The fraction of sp³-hybridized carbons (Fsp3) is 0.600. The van der Waals surface area contributed by atoms with Gasteiger partial charge in [0.1, 0.15) is 0 Å². The van der Waals surface area contributed by atoms with Crippen LogP contribution in [0.5, 0.6) is 0 Å². The predicted octanol–water partition coefficient (Wildman–Crippen LogP) is -0.676. The molecule has 7 nitrogen and oxygen atoms in total. The first-order valence-corrected chi connectivity index (χ1v) is 5.07. The summed E-state index contributed by atoms with van der Waals surface area (Å²) in [6, 6.07) is -1.96. The maximum absolute atomic E-state index is 11.1. The van der Waals surface area contributed by atoms with Gasteiger partial charge in [-0.2, -0.15) is 0 Å². The van der Waals surface area contributed by atoms with E-state index in [4.69, 9.17) is 14.9 Å². The van der Waals surface area contributed by atoms with Crippen LogP contribution in [-0.2, 0) is 9.53 Å². The molecule has 0 saturated carbocycles. The molecule has 0 aromatic rings. The summed E-state index contributed by atoms with van der Waals surface area (Å²) in [5.74, 6) is -1.29. The highest BCUT2D eigenvalue weighted by molar-refractivity contribution is 5.82. The number of urea groups is 1. The van der Waals surface area contributed by atoms with E-state index in [9.17, 15) is 9.59 Å². The first kappa shape index (κ1) is 15.4. The Bertz CT molecular complexity index is 280. The average Bonchev–Trinajstić information content (AvgIpc) is 2.24. The summed E-state index contributed by atoms with van der Waals surface area (Å²) in [7, 11) is 0. The number of aliphatic hydroxyl groups excluding tert-OH is 1. The molecule has 0 heterocycles. The Balaban J connectivity index is 3.65. The number of hydrogen-bond donors (Lipinski definition) is 4. The Labute approximate surface area is 99.5 Å². The van der Waals surface area contributed by atoms with Gasteiger partial charge in [0.2, 0.25) is 0 Å². The molecule has 2 amide bonds. The van der Waals surface area contributed by atoms with Crippen LogP contribution in [0.3, 0.4) is 0 Å². The summed E-state index contributed by atoms with van der Waals surface area (Å²) in [5, 5.41) is 21.7. The summed E-state index contributed by atoms with van der Waals surface area (Å²) in [5.41, 5.74) is 0.876. The van der Waals surface area contributed by atoms with Gasteiger partial charge in [0.05, 0.1) is 19.8 Å². The van der Waals surface area contributed by atoms with Gasteiger partial charge < -0.3 is 25.6 Å². The summed E-state index contributed by atoms with van der Waals surface area (Å²) < 4.78 is 5.12. The van der Waals surface area contributed by atoms with E-state index in [0.29, 0.717) is 13.2 Å². The number of ether oxygens (including phenoxy) is 1. The Morgan fingerprint density at radius 2 is 2.12 bits per heavy atom. The minimum absolute atomic E-state index is 0.247. The van der Waals surface area contributed by atoms with Crippen molar-refractivity contribution in [3.05, 3.63) is 12.2 Å². The number of carboxylic acid groups (broad SMARTS) is 1. The van der Waals surface area contributed by atoms with Gasteiger partial charge in [0, 0.05) is 6.54 Å². The predicted molar refractivity (Wildman–Crippen MR) is 60.7 cm³/mol. The number of amides is 2. The molecule has 0 aromatic heterocycles. The molecule has 0 rings (SSSR count). The number of hydrogen-bond acceptors (Lipinski definition) is 4. The molecular weight excluding hydrogens is 228 g/mol. The molecule has 0 aromatic carbocycles. The van der Waals surface area contributed by atoms with Crippen molar-refractivity contribution in [3.8, 4) is 0 Å². The van der Waals surface area contributed by atoms with Crippen molar-refractivity contribution in [3.63, 3.8) is 0 Å². The van der Waals surface area contributed by atoms with Gasteiger partial charge in [-0.1, -0.05) is 12.2 Å². The van der Waals surface area contributed by atoms with E-state index in [1.807, 2.05) is 6.92 Å². The molecule has 0 saturated heterocycles. The number of carbonyl (C=O) groups excluding carboxylic acids is 1. The maximum Gasteiger partial charge on any atom is 0.328 e. The van der Waals surface area contributed by atoms with Crippen molar-refractivity contribution in [1.29, 1.82) is 0 Å². The number of carbonyl (C=O) groups is 2. The third kappa shape index (κ3) is 8.23. The first-order valence-electron chi connectivity index (χ1n) is 5.07. The van der Waals surface area contributed by atoms with E-state index < -0.39 is 24.6 Å². The van der Waals surface area contributed by atoms with Gasteiger partial charge in [-0.25, -0.2) is 9.59 Å². The van der Waals surface area contributed by atoms with Crippen molar-refractivity contribution >= 4 is 12.0 Å². The van der Waals surface area contributed by atoms with Gasteiger partial charge >= 0.3 is 12.0 Å². The minimum atomic E-state index is -1.30. The number of aliphatic hydroxyl groups is 1. The van der Waals surface area contributed by atoms with Crippen molar-refractivity contribution in [2.45, 2.75) is 13.0 Å². The Morgan fingerprint density at radius 1 is 1.47 bits per heavy atom. The molecule has 0 spiro atoms. The Morgan fingerprint density at radius 3 is 2.59 bits per heavy atom. The maximum atomic E-state index is 11.1. The molecule has 0 aliphatic heterocycles. The molecule has 0 bridgehead atoms. The fourth-order valence-electron chi connectivity index (χ4n) is 0.878. The lowest BCUT2D eigenvalue weighted by Gasteiger charge is -2.12. The van der Waals surface area contributed by atoms with Crippen LogP contribution in [0.4, 0.5) is 4.79 Å². The van der Waals surface area contributed by atoms with E-state index in [1.54, 1.807) is 0 Å². The van der Waals surface area contributed by atoms with Crippen LogP contribution < -0.4 is 10.6 Å². The Kier molecular flexibility index (Phi) is 7.74. The summed E-state index contributed by atoms with van der Waals surface area (Å²) in [4.78, 5) is 21.6. The van der Waals surface area contributed by atoms with Crippen LogP contribution in [0.25, 0.3) is 0 Å². The van der Waals surface area contributed by atoms with E-state index >= 15 is 0 Å². The normalized spacial score (nSPS) is 11.6. The standard InChI is InChI=1S/C10H18N2O5/c1-7(2)6-17-4-3-11-10(16)12-8(5-13)9(14)15/h8,13H,1,3-6H2,2H3,(H,14,15)(H2,11,12,16)/t8-/m0/s1. The zero-order chi connectivity index (χ0) is 13.3. The van der Waals surface area contributed by atoms with Crippen molar-refractivity contribution in [2.24, 2.45) is 0 Å². The number of nitrogens with one attached hydrogen (secondary N) is 2. The molecule has 0 radical (unpaired) electrons. The first-order chi connectivity index (χ1) is 7.97. The Hall–Kier alpha value is -1.60. The van der Waals surface area contributed by atoms with Crippen molar-refractivity contribution < 1.29 is 24.5 Å². The third-order valence-electron chi connectivity index (χ3n) is 1.67. The highest BCUT2D eigenvalue weighted by Crippen LogP contribution is 1.87. The van der Waals surface area contributed by atoms with Crippen LogP contribution in [0.2, 0.25) is 0 Å². The second kappa shape index (κ2) is 8.54. The quantitative estimate of drug-likeness (QED) is 0.335. The van der Waals surface area contributed by atoms with Crippen molar-refractivity contribution in [2.75, 3.05) is 26.4 Å². The lowest BCUT2D eigenvalue weighted by molar-refractivity contribution is -0.140. The molecule has 17 heavy (non-hydrogen) atoms. The molecule has 4 N–H and O–H groups in total. The second-order valence-corrected chi connectivity index (χ2v) is 3.48. The number of aliphatic carboxylic acids is 1. The topological polar surface area (TPSA) is 108 Å². The highest BCUT2D eigenvalue weighted by atomic mass is 16.5. The molecule has 7 heteroatoms. The van der Waals surface area contributed by atoms with E-state index in [2.05, 4.69) is 17.2 Å². The SMILES string of the molecule is C=C(C)COCCNC(=O)N[C@@H](CO)C(=O)O. The molecule has 1 atom stereocenters. The molecular formula is C10H18N2O5. The van der Waals surface area contributed by atoms with Gasteiger partial charge in [0.25, 0.3) is 0 Å². The molecule has 0 unspecified atom stereocenters. The van der Waals surface area contributed by atoms with Gasteiger partial charge in [-0.15, -0.1) is 0 Å². The van der Waals surface area contributed by atoms with E-state index in [1.165, 1.54) is 0 Å². The van der Waals surface area contributed by atoms with Gasteiger partial charge in [-0.3, -0.25) is 0 Å². The smallest absolute Gasteiger partial charge is 0.328 e. The zero-order valence-corrected chi connectivity index (χ0v) is 9.73. The van der Waals surface area contributed by atoms with Gasteiger partial charge in [0.15, 0.2) is 6.04 Å². The third-order valence-corrected chi connectivity index (χ3v) is 1.67. The largest absolute Gasteiger partial charge is 0.480 e. The monoisotopic (exact) mass is 246 g/mol. The van der Waals surface area contributed by atoms with Crippen LogP contribution in [0.15, 0.2) is 12.2 Å². The molecule has 0 fully saturated rings. The molecule has 0 aliphatic carbocycles. The second-order valence-electron chi connectivity index (χ2n) is 3.48. The minimum Gasteiger partial charge on any atom is -0.480 e. The van der Waals surface area contributed by atoms with Gasteiger partial charge in [-0.05, 0) is 6.92 Å². The van der Waals surface area contributed by atoms with Crippen LogP contribution in [-0.4, -0.2) is 54.6 Å². The number of rotatable bonds is 8. The zero-order valence-electron chi connectivity index (χ0n) is 9.73. The van der Waals surface area contributed by atoms with Crippen LogP contribution >= 0.6 is 0 Å².